The van der Waals surface area contributed by atoms with Crippen molar-refractivity contribution in [2.45, 2.75) is 32.4 Å². The summed E-state index contributed by atoms with van der Waals surface area (Å²) >= 11 is 1.36. The van der Waals surface area contributed by atoms with E-state index >= 15 is 0 Å². The molecule has 0 radical (unpaired) electrons. The van der Waals surface area contributed by atoms with Crippen molar-refractivity contribution in [2.24, 2.45) is 0 Å². The van der Waals surface area contributed by atoms with Crippen molar-refractivity contribution in [1.29, 1.82) is 0 Å². The first kappa shape index (κ1) is 20.3. The van der Waals surface area contributed by atoms with Gasteiger partial charge in [0.25, 0.3) is 0 Å². The van der Waals surface area contributed by atoms with E-state index in [1.807, 2.05) is 60.4 Å². The topological polar surface area (TPSA) is 58.6 Å². The maximum absolute atomic E-state index is 12.7. The quantitative estimate of drug-likeness (QED) is 0.697. The van der Waals surface area contributed by atoms with E-state index in [0.29, 0.717) is 18.3 Å². The van der Waals surface area contributed by atoms with Crippen LogP contribution in [-0.2, 0) is 16.1 Å². The number of thioether (sulfide) groups is 1. The molecule has 1 N–H and O–H groups in total. The van der Waals surface area contributed by atoms with Gasteiger partial charge in [0.1, 0.15) is 5.75 Å². The third kappa shape index (κ3) is 6.02. The molecular formula is C22H26N2O3S. The smallest absolute Gasteiger partial charge is 0.234 e. The number of nitrogens with zero attached hydrogens (tertiary/aromatic N) is 1. The first-order valence-corrected chi connectivity index (χ1v) is 10.6. The van der Waals surface area contributed by atoms with E-state index in [4.69, 9.17) is 4.74 Å². The molecule has 2 amide bonds. The standard InChI is InChI=1S/C22H26N2O3S/c1-16-4-3-5-18(12-16)23-21(25)14-28-15-22(26)24(19-8-9-19)13-17-6-10-20(27-2)11-7-17/h3-7,10-12,19H,8-9,13-15H2,1-2H3,(H,23,25). The molecule has 0 unspecified atom stereocenters. The SMILES string of the molecule is COc1ccc(CN(C(=O)CSCC(=O)Nc2cccc(C)c2)C2CC2)cc1. The van der Waals surface area contributed by atoms with E-state index in [1.54, 1.807) is 7.11 Å². The third-order valence-corrected chi connectivity index (χ3v) is 5.50. The zero-order valence-corrected chi connectivity index (χ0v) is 17.1. The Morgan fingerprint density at radius 3 is 2.54 bits per heavy atom. The largest absolute Gasteiger partial charge is 0.497 e. The van der Waals surface area contributed by atoms with Gasteiger partial charge in [-0.05, 0) is 55.2 Å². The highest BCUT2D eigenvalue weighted by Crippen LogP contribution is 2.29. The van der Waals surface area contributed by atoms with Crippen LogP contribution < -0.4 is 10.1 Å². The van der Waals surface area contributed by atoms with E-state index in [-0.39, 0.29) is 17.6 Å². The van der Waals surface area contributed by atoms with Crippen molar-refractivity contribution in [3.8, 4) is 5.75 Å². The predicted molar refractivity (Wildman–Crippen MR) is 114 cm³/mol. The fraction of sp³-hybridized carbons (Fsp3) is 0.364. The van der Waals surface area contributed by atoms with E-state index in [2.05, 4.69) is 5.32 Å². The monoisotopic (exact) mass is 398 g/mol. The van der Waals surface area contributed by atoms with Crippen LogP contribution in [0.2, 0.25) is 0 Å². The van der Waals surface area contributed by atoms with Crippen molar-refractivity contribution >= 4 is 29.3 Å². The lowest BCUT2D eigenvalue weighted by atomic mass is 10.2. The summed E-state index contributed by atoms with van der Waals surface area (Å²) in [7, 11) is 1.64. The first-order valence-electron chi connectivity index (χ1n) is 9.42. The third-order valence-electron chi connectivity index (χ3n) is 4.58. The first-order chi connectivity index (χ1) is 13.5. The number of aryl methyl sites for hydroxylation is 1. The molecule has 0 aliphatic heterocycles. The number of hydrogen-bond acceptors (Lipinski definition) is 4. The van der Waals surface area contributed by atoms with Crippen molar-refractivity contribution < 1.29 is 14.3 Å². The average Bonchev–Trinajstić information content (AvgIpc) is 3.51. The Labute approximate surface area is 170 Å². The molecule has 3 rings (SSSR count). The minimum Gasteiger partial charge on any atom is -0.497 e. The van der Waals surface area contributed by atoms with Crippen LogP contribution in [0, 0.1) is 6.92 Å². The summed E-state index contributed by atoms with van der Waals surface area (Å²) in [6, 6.07) is 15.8. The van der Waals surface area contributed by atoms with Gasteiger partial charge in [0.05, 0.1) is 18.6 Å². The maximum Gasteiger partial charge on any atom is 0.234 e. The predicted octanol–water partition coefficient (Wildman–Crippen LogP) is 3.87. The lowest BCUT2D eigenvalue weighted by molar-refractivity contribution is -0.129. The fourth-order valence-corrected chi connectivity index (χ4v) is 3.67. The molecule has 0 spiro atoms. The molecule has 5 nitrogen and oxygen atoms in total. The molecule has 0 heterocycles. The summed E-state index contributed by atoms with van der Waals surface area (Å²) in [6.45, 7) is 2.59. The van der Waals surface area contributed by atoms with Crippen molar-refractivity contribution in [3.63, 3.8) is 0 Å². The van der Waals surface area contributed by atoms with Crippen LogP contribution in [0.1, 0.15) is 24.0 Å². The normalized spacial score (nSPS) is 13.1. The van der Waals surface area contributed by atoms with Gasteiger partial charge in [0, 0.05) is 18.3 Å². The van der Waals surface area contributed by atoms with Gasteiger partial charge in [-0.3, -0.25) is 9.59 Å². The highest BCUT2D eigenvalue weighted by atomic mass is 32.2. The molecule has 2 aromatic carbocycles. The van der Waals surface area contributed by atoms with Gasteiger partial charge < -0.3 is 15.0 Å². The Hall–Kier alpha value is -2.47. The summed E-state index contributed by atoms with van der Waals surface area (Å²) in [5, 5.41) is 2.87. The van der Waals surface area contributed by atoms with Gasteiger partial charge in [-0.25, -0.2) is 0 Å². The fourth-order valence-electron chi connectivity index (χ4n) is 2.97. The highest BCUT2D eigenvalue weighted by Gasteiger charge is 2.32. The van der Waals surface area contributed by atoms with Crippen LogP contribution in [0.15, 0.2) is 48.5 Å². The molecule has 2 aromatic rings. The minimum absolute atomic E-state index is 0.0865. The van der Waals surface area contributed by atoms with E-state index < -0.39 is 0 Å². The zero-order valence-electron chi connectivity index (χ0n) is 16.3. The lowest BCUT2D eigenvalue weighted by Crippen LogP contribution is -2.34. The number of nitrogens with one attached hydrogen (secondary N) is 1. The summed E-state index contributed by atoms with van der Waals surface area (Å²) < 4.78 is 5.18. The number of anilines is 1. The second kappa shape index (κ2) is 9.64. The number of carbonyl (C=O) groups excluding carboxylic acids is 2. The Morgan fingerprint density at radius 1 is 1.14 bits per heavy atom. The molecule has 1 fully saturated rings. The van der Waals surface area contributed by atoms with Crippen LogP contribution >= 0.6 is 11.8 Å². The number of rotatable bonds is 9. The average molecular weight is 399 g/mol. The Kier molecular flexibility index (Phi) is 6.98. The Bertz CT molecular complexity index is 819. The Morgan fingerprint density at radius 2 is 1.89 bits per heavy atom. The summed E-state index contributed by atoms with van der Waals surface area (Å²) in [4.78, 5) is 26.7. The second-order valence-electron chi connectivity index (χ2n) is 7.01. The van der Waals surface area contributed by atoms with Gasteiger partial charge in [-0.15, -0.1) is 11.8 Å². The molecule has 1 aliphatic carbocycles. The van der Waals surface area contributed by atoms with E-state index in [9.17, 15) is 9.59 Å². The van der Waals surface area contributed by atoms with Crippen LogP contribution in [0.4, 0.5) is 5.69 Å². The molecular weight excluding hydrogens is 372 g/mol. The van der Waals surface area contributed by atoms with Gasteiger partial charge in [-0.1, -0.05) is 24.3 Å². The highest BCUT2D eigenvalue weighted by molar-refractivity contribution is 8.00. The molecule has 0 saturated heterocycles. The maximum atomic E-state index is 12.7. The van der Waals surface area contributed by atoms with Crippen LogP contribution in [0.5, 0.6) is 5.75 Å². The van der Waals surface area contributed by atoms with Gasteiger partial charge in [0.15, 0.2) is 0 Å². The van der Waals surface area contributed by atoms with E-state index in [0.717, 1.165) is 35.4 Å². The summed E-state index contributed by atoms with van der Waals surface area (Å²) in [5.74, 6) is 1.39. The van der Waals surface area contributed by atoms with Crippen molar-refractivity contribution in [3.05, 3.63) is 59.7 Å². The van der Waals surface area contributed by atoms with Crippen LogP contribution in [0.25, 0.3) is 0 Å². The molecule has 28 heavy (non-hydrogen) atoms. The number of benzene rings is 2. The van der Waals surface area contributed by atoms with Gasteiger partial charge in [-0.2, -0.15) is 0 Å². The number of hydrogen-bond donors (Lipinski definition) is 1. The Balaban J connectivity index is 1.47. The van der Waals surface area contributed by atoms with Crippen LogP contribution in [0.3, 0.4) is 0 Å². The van der Waals surface area contributed by atoms with Crippen LogP contribution in [-0.4, -0.2) is 41.4 Å². The molecule has 0 bridgehead atoms. The zero-order chi connectivity index (χ0) is 19.9. The molecule has 1 saturated carbocycles. The van der Waals surface area contributed by atoms with Gasteiger partial charge in [0.2, 0.25) is 11.8 Å². The number of carbonyl (C=O) groups is 2. The molecule has 0 aromatic heterocycles. The van der Waals surface area contributed by atoms with Crippen molar-refractivity contribution in [2.75, 3.05) is 23.9 Å². The molecule has 0 atom stereocenters. The summed E-state index contributed by atoms with van der Waals surface area (Å²) in [5.41, 5.74) is 2.97. The number of ether oxygens (including phenoxy) is 1. The molecule has 6 heteroatoms. The summed E-state index contributed by atoms with van der Waals surface area (Å²) in [6.07, 6.45) is 2.11. The minimum atomic E-state index is -0.0865. The molecule has 1 aliphatic rings. The lowest BCUT2D eigenvalue weighted by Gasteiger charge is -2.22. The number of amides is 2. The molecule has 148 valence electrons. The van der Waals surface area contributed by atoms with Crippen molar-refractivity contribution in [1.82, 2.24) is 4.90 Å². The number of methoxy groups -OCH3 is 1. The van der Waals surface area contributed by atoms with Gasteiger partial charge >= 0.3 is 0 Å². The second-order valence-corrected chi connectivity index (χ2v) is 8.00. The van der Waals surface area contributed by atoms with E-state index in [1.165, 1.54) is 11.8 Å².